The summed E-state index contributed by atoms with van der Waals surface area (Å²) >= 11 is 7.53. The van der Waals surface area contributed by atoms with E-state index in [0.29, 0.717) is 6.04 Å². The molecule has 2 aromatic rings. The third kappa shape index (κ3) is 3.45. The van der Waals surface area contributed by atoms with Gasteiger partial charge in [0.05, 0.1) is 6.04 Å². The van der Waals surface area contributed by atoms with Gasteiger partial charge >= 0.3 is 0 Å². The Labute approximate surface area is 111 Å². The van der Waals surface area contributed by atoms with Gasteiger partial charge in [-0.3, -0.25) is 0 Å². The molecule has 0 spiro atoms. The van der Waals surface area contributed by atoms with E-state index in [-0.39, 0.29) is 0 Å². The molecule has 17 heavy (non-hydrogen) atoms. The fourth-order valence-electron chi connectivity index (χ4n) is 1.75. The maximum absolute atomic E-state index is 5.91. The second-order valence-corrected chi connectivity index (χ2v) is 5.21. The van der Waals surface area contributed by atoms with E-state index in [2.05, 4.69) is 29.4 Å². The summed E-state index contributed by atoms with van der Waals surface area (Å²) < 4.78 is 0. The first-order valence-corrected chi connectivity index (χ1v) is 6.97. The van der Waals surface area contributed by atoms with Crippen LogP contribution < -0.4 is 5.32 Å². The number of hydrogen-bond acceptors (Lipinski definition) is 3. The number of nitrogens with zero attached hydrogens (tertiary/aromatic N) is 1. The van der Waals surface area contributed by atoms with Gasteiger partial charge < -0.3 is 5.32 Å². The van der Waals surface area contributed by atoms with Crippen molar-refractivity contribution in [3.05, 3.63) is 46.4 Å². The molecule has 4 heteroatoms. The van der Waals surface area contributed by atoms with Crippen LogP contribution in [0.1, 0.15) is 31.4 Å². The Balaban J connectivity index is 2.13. The Hall–Kier alpha value is -1.06. The van der Waals surface area contributed by atoms with Crippen molar-refractivity contribution < 1.29 is 0 Å². The molecule has 0 fully saturated rings. The average Bonchev–Trinajstić information content (AvgIpc) is 2.82. The van der Waals surface area contributed by atoms with Crippen LogP contribution in [0.25, 0.3) is 0 Å². The van der Waals surface area contributed by atoms with Gasteiger partial charge in [-0.25, -0.2) is 4.98 Å². The minimum absolute atomic E-state index is 0.309. The highest BCUT2D eigenvalue weighted by Crippen LogP contribution is 2.26. The minimum Gasteiger partial charge on any atom is -0.355 e. The molecule has 1 N–H and O–H groups in total. The monoisotopic (exact) mass is 266 g/mol. The summed E-state index contributed by atoms with van der Waals surface area (Å²) in [4.78, 5) is 4.26. The Kier molecular flexibility index (Phi) is 4.40. The molecule has 1 heterocycles. The van der Waals surface area contributed by atoms with Crippen molar-refractivity contribution in [2.75, 3.05) is 5.32 Å². The van der Waals surface area contributed by atoms with Gasteiger partial charge in [-0.05, 0) is 24.1 Å². The highest BCUT2D eigenvalue weighted by atomic mass is 35.5. The van der Waals surface area contributed by atoms with E-state index < -0.39 is 0 Å². The number of benzene rings is 1. The van der Waals surface area contributed by atoms with Crippen LogP contribution in [0.15, 0.2) is 35.8 Å². The first kappa shape index (κ1) is 12.4. The molecule has 1 aromatic carbocycles. The zero-order chi connectivity index (χ0) is 12.1. The van der Waals surface area contributed by atoms with E-state index >= 15 is 0 Å². The van der Waals surface area contributed by atoms with E-state index in [1.54, 1.807) is 11.3 Å². The number of rotatable bonds is 5. The zero-order valence-electron chi connectivity index (χ0n) is 9.69. The maximum Gasteiger partial charge on any atom is 0.183 e. The fraction of sp³-hybridized carbons (Fsp3) is 0.308. The molecule has 0 aliphatic carbocycles. The van der Waals surface area contributed by atoms with Crippen LogP contribution in [-0.4, -0.2) is 4.98 Å². The van der Waals surface area contributed by atoms with Crippen molar-refractivity contribution in [1.29, 1.82) is 0 Å². The first-order chi connectivity index (χ1) is 8.29. The third-order valence-corrected chi connectivity index (χ3v) is 3.54. The standard InChI is InChI=1S/C13H15ClN2S/c1-2-3-12(16-13-15-8-9-17-13)10-4-6-11(14)7-5-10/h4-9,12H,2-3H2,1H3,(H,15,16). The molecule has 1 unspecified atom stereocenters. The second kappa shape index (κ2) is 6.03. The third-order valence-electron chi connectivity index (χ3n) is 2.58. The lowest BCUT2D eigenvalue weighted by atomic mass is 10.0. The number of halogens is 1. The number of hydrogen-bond donors (Lipinski definition) is 1. The van der Waals surface area contributed by atoms with Crippen molar-refractivity contribution in [1.82, 2.24) is 4.98 Å². The predicted molar refractivity (Wildman–Crippen MR) is 74.8 cm³/mol. The second-order valence-electron chi connectivity index (χ2n) is 3.87. The Morgan fingerprint density at radius 3 is 2.71 bits per heavy atom. The Bertz CT molecular complexity index is 439. The predicted octanol–water partition coefficient (Wildman–Crippen LogP) is 4.75. The van der Waals surface area contributed by atoms with Crippen LogP contribution in [0.4, 0.5) is 5.13 Å². The number of thiazole rings is 1. The van der Waals surface area contributed by atoms with Crippen LogP contribution in [-0.2, 0) is 0 Å². The van der Waals surface area contributed by atoms with Gasteiger partial charge in [-0.2, -0.15) is 0 Å². The number of anilines is 1. The summed E-state index contributed by atoms with van der Waals surface area (Å²) in [5, 5.41) is 7.19. The molecular weight excluding hydrogens is 252 g/mol. The molecule has 0 radical (unpaired) electrons. The molecule has 0 saturated carbocycles. The van der Waals surface area contributed by atoms with Crippen molar-refractivity contribution in [2.45, 2.75) is 25.8 Å². The van der Waals surface area contributed by atoms with Crippen LogP contribution in [0.5, 0.6) is 0 Å². The quantitative estimate of drug-likeness (QED) is 0.845. The molecule has 0 aliphatic heterocycles. The van der Waals surface area contributed by atoms with Gasteiger partial charge in [-0.15, -0.1) is 11.3 Å². The van der Waals surface area contributed by atoms with Gasteiger partial charge in [0.15, 0.2) is 5.13 Å². The Morgan fingerprint density at radius 2 is 2.12 bits per heavy atom. The lowest BCUT2D eigenvalue weighted by molar-refractivity contribution is 0.677. The highest BCUT2D eigenvalue weighted by Gasteiger charge is 2.11. The smallest absolute Gasteiger partial charge is 0.183 e. The average molecular weight is 267 g/mol. The molecule has 1 atom stereocenters. The van der Waals surface area contributed by atoms with E-state index in [0.717, 1.165) is 23.0 Å². The van der Waals surface area contributed by atoms with Crippen molar-refractivity contribution >= 4 is 28.1 Å². The summed E-state index contributed by atoms with van der Waals surface area (Å²) in [6, 6.07) is 8.32. The van der Waals surface area contributed by atoms with Gasteiger partial charge in [0.25, 0.3) is 0 Å². The van der Waals surface area contributed by atoms with E-state index in [9.17, 15) is 0 Å². The zero-order valence-corrected chi connectivity index (χ0v) is 11.3. The van der Waals surface area contributed by atoms with E-state index in [4.69, 9.17) is 11.6 Å². The molecule has 2 nitrogen and oxygen atoms in total. The van der Waals surface area contributed by atoms with Crippen LogP contribution in [0.2, 0.25) is 5.02 Å². The molecule has 0 aliphatic rings. The Morgan fingerprint density at radius 1 is 1.35 bits per heavy atom. The van der Waals surface area contributed by atoms with E-state index in [1.807, 2.05) is 23.7 Å². The summed E-state index contributed by atoms with van der Waals surface area (Å²) in [7, 11) is 0. The lowest BCUT2D eigenvalue weighted by Crippen LogP contribution is -2.10. The molecule has 90 valence electrons. The molecule has 2 rings (SSSR count). The summed E-state index contributed by atoms with van der Waals surface area (Å²) in [6.45, 7) is 2.19. The summed E-state index contributed by atoms with van der Waals surface area (Å²) in [6.07, 6.45) is 4.03. The van der Waals surface area contributed by atoms with Crippen molar-refractivity contribution in [2.24, 2.45) is 0 Å². The molecule has 1 aromatic heterocycles. The highest BCUT2D eigenvalue weighted by molar-refractivity contribution is 7.13. The van der Waals surface area contributed by atoms with Crippen LogP contribution in [0, 0.1) is 0 Å². The minimum atomic E-state index is 0.309. The van der Waals surface area contributed by atoms with Gasteiger partial charge in [0.2, 0.25) is 0 Å². The SMILES string of the molecule is CCCC(Nc1nccs1)c1ccc(Cl)cc1. The normalized spacial score (nSPS) is 12.4. The van der Waals surface area contributed by atoms with Gasteiger partial charge in [-0.1, -0.05) is 37.1 Å². The molecule has 0 amide bonds. The van der Waals surface area contributed by atoms with E-state index in [1.165, 1.54) is 5.56 Å². The fourth-order valence-corrected chi connectivity index (χ4v) is 2.46. The number of nitrogens with one attached hydrogen (secondary N) is 1. The molecule has 0 saturated heterocycles. The van der Waals surface area contributed by atoms with Crippen LogP contribution >= 0.6 is 22.9 Å². The summed E-state index contributed by atoms with van der Waals surface area (Å²) in [5.41, 5.74) is 1.26. The number of aromatic nitrogens is 1. The van der Waals surface area contributed by atoms with Gasteiger partial charge in [0, 0.05) is 16.6 Å². The lowest BCUT2D eigenvalue weighted by Gasteiger charge is -2.18. The molecular formula is C13H15ClN2S. The first-order valence-electron chi connectivity index (χ1n) is 5.71. The largest absolute Gasteiger partial charge is 0.355 e. The van der Waals surface area contributed by atoms with Crippen LogP contribution in [0.3, 0.4) is 0 Å². The van der Waals surface area contributed by atoms with Crippen molar-refractivity contribution in [3.8, 4) is 0 Å². The topological polar surface area (TPSA) is 24.9 Å². The summed E-state index contributed by atoms with van der Waals surface area (Å²) in [5.74, 6) is 0. The van der Waals surface area contributed by atoms with Gasteiger partial charge in [0.1, 0.15) is 0 Å². The van der Waals surface area contributed by atoms with Crippen molar-refractivity contribution in [3.63, 3.8) is 0 Å². The molecule has 0 bridgehead atoms. The maximum atomic E-state index is 5.91.